The summed E-state index contributed by atoms with van der Waals surface area (Å²) in [5.41, 5.74) is 2.41. The van der Waals surface area contributed by atoms with Crippen molar-refractivity contribution in [1.82, 2.24) is 5.32 Å². The SMILES string of the molecule is COc1ccc(C)cc1NC(=O)C(=O)NCc1ccsc1. The number of hydrogen-bond donors (Lipinski definition) is 2. The van der Waals surface area contributed by atoms with Crippen molar-refractivity contribution >= 4 is 28.8 Å². The van der Waals surface area contributed by atoms with Gasteiger partial charge in [0.15, 0.2) is 0 Å². The summed E-state index contributed by atoms with van der Waals surface area (Å²) in [5, 5.41) is 8.97. The molecule has 0 spiro atoms. The van der Waals surface area contributed by atoms with Crippen molar-refractivity contribution in [2.45, 2.75) is 13.5 Å². The van der Waals surface area contributed by atoms with Crippen molar-refractivity contribution in [2.75, 3.05) is 12.4 Å². The highest BCUT2D eigenvalue weighted by atomic mass is 32.1. The maximum Gasteiger partial charge on any atom is 0.313 e. The molecule has 0 aliphatic rings. The van der Waals surface area contributed by atoms with Gasteiger partial charge in [0.2, 0.25) is 0 Å². The van der Waals surface area contributed by atoms with Crippen LogP contribution in [0.15, 0.2) is 35.0 Å². The summed E-state index contributed by atoms with van der Waals surface area (Å²) in [7, 11) is 1.51. The Balaban J connectivity index is 1.97. The molecule has 0 saturated carbocycles. The number of aryl methyl sites for hydroxylation is 1. The predicted octanol–water partition coefficient (Wildman–Crippen LogP) is 2.32. The fourth-order valence-corrected chi connectivity index (χ4v) is 2.42. The average Bonchev–Trinajstić information content (AvgIpc) is 2.98. The summed E-state index contributed by atoms with van der Waals surface area (Å²) >= 11 is 1.54. The predicted molar refractivity (Wildman–Crippen MR) is 82.5 cm³/mol. The van der Waals surface area contributed by atoms with Crippen LogP contribution in [0, 0.1) is 6.92 Å². The molecule has 0 fully saturated rings. The van der Waals surface area contributed by atoms with Crippen molar-refractivity contribution in [3.63, 3.8) is 0 Å². The van der Waals surface area contributed by atoms with Gasteiger partial charge in [-0.3, -0.25) is 9.59 Å². The van der Waals surface area contributed by atoms with Crippen molar-refractivity contribution in [1.29, 1.82) is 0 Å². The second kappa shape index (κ2) is 6.90. The average molecular weight is 304 g/mol. The molecule has 2 N–H and O–H groups in total. The van der Waals surface area contributed by atoms with Gasteiger partial charge in [0.05, 0.1) is 12.8 Å². The van der Waals surface area contributed by atoms with Gasteiger partial charge in [0.25, 0.3) is 0 Å². The van der Waals surface area contributed by atoms with E-state index in [0.717, 1.165) is 11.1 Å². The number of rotatable bonds is 4. The lowest BCUT2D eigenvalue weighted by Crippen LogP contribution is -2.34. The molecule has 1 aromatic carbocycles. The number of thiophene rings is 1. The van der Waals surface area contributed by atoms with Gasteiger partial charge in [-0.25, -0.2) is 0 Å². The van der Waals surface area contributed by atoms with E-state index in [-0.39, 0.29) is 0 Å². The zero-order valence-corrected chi connectivity index (χ0v) is 12.6. The molecule has 0 atom stereocenters. The molecule has 0 unspecified atom stereocenters. The number of carbonyl (C=O) groups excluding carboxylic acids is 2. The van der Waals surface area contributed by atoms with Gasteiger partial charge < -0.3 is 15.4 Å². The van der Waals surface area contributed by atoms with E-state index in [1.54, 1.807) is 23.5 Å². The minimum absolute atomic E-state index is 0.334. The van der Waals surface area contributed by atoms with Crippen LogP contribution >= 0.6 is 11.3 Å². The first-order valence-corrected chi connectivity index (χ1v) is 7.29. The Morgan fingerprint density at radius 3 is 2.71 bits per heavy atom. The highest BCUT2D eigenvalue weighted by Crippen LogP contribution is 2.24. The van der Waals surface area contributed by atoms with Crippen LogP contribution in [-0.2, 0) is 16.1 Å². The normalized spacial score (nSPS) is 10.0. The molecule has 2 amide bonds. The zero-order chi connectivity index (χ0) is 15.2. The van der Waals surface area contributed by atoms with E-state index in [9.17, 15) is 9.59 Å². The first-order chi connectivity index (χ1) is 10.1. The number of methoxy groups -OCH3 is 1. The Hall–Kier alpha value is -2.34. The van der Waals surface area contributed by atoms with Crippen LogP contribution in [0.25, 0.3) is 0 Å². The monoisotopic (exact) mass is 304 g/mol. The second-order valence-corrected chi connectivity index (χ2v) is 5.25. The Morgan fingerprint density at radius 2 is 2.05 bits per heavy atom. The van der Waals surface area contributed by atoms with Crippen LogP contribution in [0.4, 0.5) is 5.69 Å². The van der Waals surface area contributed by atoms with E-state index in [0.29, 0.717) is 18.0 Å². The van der Waals surface area contributed by atoms with Gasteiger partial charge >= 0.3 is 11.8 Å². The molecular formula is C15H16N2O3S. The van der Waals surface area contributed by atoms with Crippen LogP contribution in [0.2, 0.25) is 0 Å². The van der Waals surface area contributed by atoms with Crippen LogP contribution in [-0.4, -0.2) is 18.9 Å². The van der Waals surface area contributed by atoms with Crippen LogP contribution in [0.1, 0.15) is 11.1 Å². The topological polar surface area (TPSA) is 67.4 Å². The number of carbonyl (C=O) groups is 2. The van der Waals surface area contributed by atoms with E-state index in [1.165, 1.54) is 7.11 Å². The molecule has 6 heteroatoms. The molecule has 1 aromatic heterocycles. The first-order valence-electron chi connectivity index (χ1n) is 6.35. The first kappa shape index (κ1) is 15.1. The van der Waals surface area contributed by atoms with E-state index in [2.05, 4.69) is 10.6 Å². The lowest BCUT2D eigenvalue weighted by Gasteiger charge is -2.10. The highest BCUT2D eigenvalue weighted by Gasteiger charge is 2.15. The highest BCUT2D eigenvalue weighted by molar-refractivity contribution is 7.07. The maximum absolute atomic E-state index is 11.9. The molecule has 110 valence electrons. The van der Waals surface area contributed by atoms with Gasteiger partial charge in [-0.15, -0.1) is 0 Å². The van der Waals surface area contributed by atoms with Gasteiger partial charge in [-0.2, -0.15) is 11.3 Å². The Labute approximate surface area is 126 Å². The summed E-state index contributed by atoms with van der Waals surface area (Å²) in [6, 6.07) is 7.26. The lowest BCUT2D eigenvalue weighted by atomic mass is 10.2. The summed E-state index contributed by atoms with van der Waals surface area (Å²) < 4.78 is 5.15. The number of amides is 2. The molecular weight excluding hydrogens is 288 g/mol. The second-order valence-electron chi connectivity index (χ2n) is 4.47. The van der Waals surface area contributed by atoms with Gasteiger partial charge in [0, 0.05) is 6.54 Å². The fraction of sp³-hybridized carbons (Fsp3) is 0.200. The van der Waals surface area contributed by atoms with Crippen LogP contribution in [0.3, 0.4) is 0 Å². The van der Waals surface area contributed by atoms with E-state index < -0.39 is 11.8 Å². The Bertz CT molecular complexity index is 638. The van der Waals surface area contributed by atoms with Crippen molar-refractivity contribution in [2.24, 2.45) is 0 Å². The van der Waals surface area contributed by atoms with Crippen molar-refractivity contribution < 1.29 is 14.3 Å². The molecule has 0 radical (unpaired) electrons. The van der Waals surface area contributed by atoms with E-state index >= 15 is 0 Å². The maximum atomic E-state index is 11.9. The van der Waals surface area contributed by atoms with Gasteiger partial charge in [0.1, 0.15) is 5.75 Å². The van der Waals surface area contributed by atoms with Gasteiger partial charge in [-0.05, 0) is 47.0 Å². The fourth-order valence-electron chi connectivity index (χ4n) is 1.75. The molecule has 2 rings (SSSR count). The quantitative estimate of drug-likeness (QED) is 0.852. The standard InChI is InChI=1S/C15H16N2O3S/c1-10-3-4-13(20-2)12(7-10)17-15(19)14(18)16-8-11-5-6-21-9-11/h3-7,9H,8H2,1-2H3,(H,16,18)(H,17,19). The molecule has 0 saturated heterocycles. The van der Waals surface area contributed by atoms with Gasteiger partial charge in [-0.1, -0.05) is 6.07 Å². The zero-order valence-electron chi connectivity index (χ0n) is 11.8. The number of benzene rings is 1. The molecule has 0 aliphatic carbocycles. The summed E-state index contributed by atoms with van der Waals surface area (Å²) in [6.07, 6.45) is 0. The smallest absolute Gasteiger partial charge is 0.313 e. The minimum atomic E-state index is -0.714. The van der Waals surface area contributed by atoms with Crippen molar-refractivity contribution in [3.05, 3.63) is 46.2 Å². The third kappa shape index (κ3) is 4.06. The Morgan fingerprint density at radius 1 is 1.24 bits per heavy atom. The summed E-state index contributed by atoms with van der Waals surface area (Å²) in [6.45, 7) is 2.23. The number of anilines is 1. The molecule has 2 aromatic rings. The third-order valence-corrected chi connectivity index (χ3v) is 3.57. The summed E-state index contributed by atoms with van der Waals surface area (Å²) in [4.78, 5) is 23.6. The lowest BCUT2D eigenvalue weighted by molar-refractivity contribution is -0.136. The molecule has 21 heavy (non-hydrogen) atoms. The number of ether oxygens (including phenoxy) is 1. The van der Waals surface area contributed by atoms with Crippen molar-refractivity contribution in [3.8, 4) is 5.75 Å². The third-order valence-electron chi connectivity index (χ3n) is 2.84. The van der Waals surface area contributed by atoms with Crippen LogP contribution < -0.4 is 15.4 Å². The summed E-state index contributed by atoms with van der Waals surface area (Å²) in [5.74, 6) is -0.876. The largest absolute Gasteiger partial charge is 0.495 e. The van der Waals surface area contributed by atoms with E-state index in [4.69, 9.17) is 4.74 Å². The number of nitrogens with one attached hydrogen (secondary N) is 2. The molecule has 0 aliphatic heterocycles. The van der Waals surface area contributed by atoms with Crippen LogP contribution in [0.5, 0.6) is 5.75 Å². The molecule has 0 bridgehead atoms. The minimum Gasteiger partial charge on any atom is -0.495 e. The molecule has 1 heterocycles. The Kier molecular flexibility index (Phi) is 4.94. The van der Waals surface area contributed by atoms with E-state index in [1.807, 2.05) is 29.8 Å². The molecule has 5 nitrogen and oxygen atoms in total. The number of hydrogen-bond acceptors (Lipinski definition) is 4.